The fourth-order valence-corrected chi connectivity index (χ4v) is 10.1. The summed E-state index contributed by atoms with van der Waals surface area (Å²) in [5.74, 6) is -0.150. The largest absolute Gasteiger partial charge is 0.481 e. The van der Waals surface area contributed by atoms with Gasteiger partial charge in [0.2, 0.25) is 17.7 Å². The van der Waals surface area contributed by atoms with Crippen LogP contribution in [0.1, 0.15) is 115 Å². The Morgan fingerprint density at radius 1 is 0.789 bits per heavy atom. The van der Waals surface area contributed by atoms with E-state index in [1.54, 1.807) is 20.8 Å². The number of hydrogen-bond donors (Lipinski definition) is 4. The highest BCUT2D eigenvalue weighted by Crippen LogP contribution is 2.41. The number of aryl methyl sites for hydroxylation is 1. The molecule has 0 unspecified atom stereocenters. The summed E-state index contributed by atoms with van der Waals surface area (Å²) in [6.07, 6.45) is 6.58. The van der Waals surface area contributed by atoms with Gasteiger partial charge in [0.05, 0.1) is 121 Å². The highest BCUT2D eigenvalue weighted by atomic mass is 32.1. The first-order valence-electron chi connectivity index (χ1n) is 27.2. The third-order valence-corrected chi connectivity index (χ3v) is 14.1. The van der Waals surface area contributed by atoms with Gasteiger partial charge in [-0.2, -0.15) is 0 Å². The maximum atomic E-state index is 13.1. The highest BCUT2D eigenvalue weighted by Gasteiger charge is 2.28. The number of ether oxygens (including phenoxy) is 9. The molecule has 5 N–H and O–H groups in total. The predicted octanol–water partition coefficient (Wildman–Crippen LogP) is 4.80. The Balaban J connectivity index is 0.810. The molecule has 0 spiro atoms. The Hall–Kier alpha value is -4.59. The van der Waals surface area contributed by atoms with E-state index < -0.39 is 35.4 Å². The number of unbranched alkanes of at least 4 members (excludes halogenated alkanes) is 1. The lowest BCUT2D eigenvalue weighted by Crippen LogP contribution is -2.47. The number of piperidine rings is 1. The van der Waals surface area contributed by atoms with Crippen molar-refractivity contribution in [3.63, 3.8) is 0 Å². The van der Waals surface area contributed by atoms with Crippen molar-refractivity contribution in [2.24, 2.45) is 5.92 Å². The molecule has 1 atom stereocenters. The Bertz CT molecular complexity index is 2220. The van der Waals surface area contributed by atoms with E-state index in [4.69, 9.17) is 63.4 Å². The number of thiophene rings is 1. The van der Waals surface area contributed by atoms with Crippen LogP contribution in [-0.2, 0) is 79.6 Å². The number of pyridine rings is 1. The van der Waals surface area contributed by atoms with E-state index in [-0.39, 0.29) is 51.3 Å². The number of nitrogens with two attached hydrogens (primary N) is 1. The molecule has 3 aromatic rings. The molecule has 5 rings (SSSR count). The summed E-state index contributed by atoms with van der Waals surface area (Å²) in [7, 11) is 0. The van der Waals surface area contributed by atoms with Gasteiger partial charge in [-0.15, -0.1) is 11.3 Å². The average molecular weight is 1090 g/mol. The Morgan fingerprint density at radius 2 is 1.37 bits per heavy atom. The third-order valence-electron chi connectivity index (χ3n) is 12.8. The number of nitrogens with one attached hydrogen (secondary N) is 2. The molecule has 2 fully saturated rings. The number of likely N-dealkylation sites (tertiary alicyclic amines) is 1. The summed E-state index contributed by atoms with van der Waals surface area (Å²) in [5.41, 5.74) is 8.76. The summed E-state index contributed by atoms with van der Waals surface area (Å²) in [5, 5.41) is 14.0. The first-order valence-corrected chi connectivity index (χ1v) is 28.0. The average Bonchev–Trinajstić information content (AvgIpc) is 3.98. The molecule has 22 nitrogen and oxygen atoms in total. The van der Waals surface area contributed by atoms with Crippen molar-refractivity contribution in [2.45, 2.75) is 129 Å². The monoisotopic (exact) mass is 1090 g/mol. The normalized spacial score (nSPS) is 15.1. The number of carbonyl (C=O) groups is 5. The quantitative estimate of drug-likeness (QED) is 0.0443. The number of hydrogen-bond acceptors (Lipinski definition) is 18. The van der Waals surface area contributed by atoms with Crippen molar-refractivity contribution >= 4 is 68.1 Å². The Labute approximate surface area is 451 Å². The van der Waals surface area contributed by atoms with Crippen LogP contribution in [0.5, 0.6) is 0 Å². The number of nitrogen functional groups attached to an aromatic ring is 1. The molecule has 2 saturated heterocycles. The second kappa shape index (κ2) is 34.3. The molecule has 0 saturated carbocycles. The maximum Gasteiger partial charge on any atom is 0.306 e. The van der Waals surface area contributed by atoms with Crippen LogP contribution in [-0.4, -0.2) is 191 Å². The van der Waals surface area contributed by atoms with Gasteiger partial charge >= 0.3 is 11.9 Å². The number of aliphatic carboxylic acids is 1. The minimum atomic E-state index is -1.13. The summed E-state index contributed by atoms with van der Waals surface area (Å²) < 4.78 is 53.5. The van der Waals surface area contributed by atoms with Gasteiger partial charge in [-0.05, 0) is 77.2 Å². The van der Waals surface area contributed by atoms with Crippen molar-refractivity contribution in [2.75, 3.05) is 131 Å². The Morgan fingerprint density at radius 3 is 1.93 bits per heavy atom. The van der Waals surface area contributed by atoms with E-state index in [9.17, 15) is 24.0 Å². The minimum Gasteiger partial charge on any atom is -0.481 e. The fourth-order valence-electron chi connectivity index (χ4n) is 8.79. The van der Waals surface area contributed by atoms with E-state index in [2.05, 4.69) is 28.2 Å². The van der Waals surface area contributed by atoms with Crippen LogP contribution in [0.4, 0.5) is 5.82 Å². The van der Waals surface area contributed by atoms with Gasteiger partial charge in [-0.25, -0.2) is 9.97 Å². The summed E-state index contributed by atoms with van der Waals surface area (Å²) in [6.45, 7) is 16.8. The summed E-state index contributed by atoms with van der Waals surface area (Å²) in [4.78, 5) is 74.1. The van der Waals surface area contributed by atoms with E-state index >= 15 is 0 Å². The number of carbonyl (C=O) groups excluding carboxylic acids is 4. The smallest absolute Gasteiger partial charge is 0.306 e. The van der Waals surface area contributed by atoms with E-state index in [0.29, 0.717) is 103 Å². The molecule has 428 valence electrons. The number of fused-ring (bicyclic) bond motifs is 3. The van der Waals surface area contributed by atoms with Gasteiger partial charge in [-0.1, -0.05) is 13.3 Å². The molecule has 2 aliphatic heterocycles. The van der Waals surface area contributed by atoms with Crippen molar-refractivity contribution < 1.29 is 71.7 Å². The number of esters is 1. The van der Waals surface area contributed by atoms with Gasteiger partial charge in [0.15, 0.2) is 5.82 Å². The van der Waals surface area contributed by atoms with Crippen molar-refractivity contribution in [1.82, 2.24) is 30.1 Å². The molecule has 23 heteroatoms. The predicted molar refractivity (Wildman–Crippen MR) is 285 cm³/mol. The molecular formula is C53H85N7O15S. The number of carboxylic acid groups (broad SMARTS) is 1. The van der Waals surface area contributed by atoms with Crippen LogP contribution in [0.15, 0.2) is 6.07 Å². The number of nitrogens with zero attached hydrogens (tertiary/aromatic N) is 4. The van der Waals surface area contributed by atoms with Crippen LogP contribution >= 0.6 is 11.3 Å². The van der Waals surface area contributed by atoms with E-state index in [1.165, 1.54) is 4.88 Å². The topological polar surface area (TPSA) is 273 Å². The molecule has 2 aliphatic rings. The van der Waals surface area contributed by atoms with E-state index in [0.717, 1.165) is 105 Å². The van der Waals surface area contributed by atoms with Gasteiger partial charge in [-0.3, -0.25) is 24.0 Å². The van der Waals surface area contributed by atoms with Gasteiger partial charge in [0.25, 0.3) is 0 Å². The molecule has 5 heterocycles. The second-order valence-electron chi connectivity index (χ2n) is 20.0. The number of aromatic nitrogens is 3. The molecular weight excluding hydrogens is 1010 g/mol. The van der Waals surface area contributed by atoms with Crippen LogP contribution < -0.4 is 16.4 Å². The standard InChI is InChI=1S/C53H85N7O15S/c1-5-6-7-43-58-48-49(60(43)37-38-14-20-67-21-15-38)50-41(57-51(48)54)36-42(76-50)39-12-18-59(19-13-39)45(62)16-22-68-24-26-70-28-30-72-32-34-74-35-33-73-31-29-71-27-25-69-23-17-55-52(66)40(56-44(61)9-10-46(63)64)8-11-47(65)75-53(2,3)4/h36,38-40H,5-35,37H2,1-4H3,(H2,54,57)(H,55,66)(H,56,61)(H,63,64)/t40-/m0/s1. The van der Waals surface area contributed by atoms with Gasteiger partial charge in [0, 0.05) is 63.5 Å². The molecule has 0 aliphatic carbocycles. The number of amides is 3. The molecule has 3 aromatic heterocycles. The number of rotatable bonds is 38. The second-order valence-corrected chi connectivity index (χ2v) is 21.1. The molecule has 0 bridgehead atoms. The van der Waals surface area contributed by atoms with Gasteiger partial charge < -0.3 is 73.6 Å². The molecule has 3 amide bonds. The van der Waals surface area contributed by atoms with Crippen LogP contribution in [0.25, 0.3) is 21.3 Å². The third kappa shape index (κ3) is 22.8. The zero-order valence-corrected chi connectivity index (χ0v) is 46.2. The lowest BCUT2D eigenvalue weighted by molar-refractivity contribution is -0.155. The van der Waals surface area contributed by atoms with Gasteiger partial charge in [0.1, 0.15) is 23.0 Å². The highest BCUT2D eigenvalue weighted by molar-refractivity contribution is 7.20. The van der Waals surface area contributed by atoms with E-state index in [1.807, 2.05) is 16.2 Å². The fraction of sp³-hybridized carbons (Fsp3) is 0.755. The first-order chi connectivity index (χ1) is 36.7. The molecule has 0 radical (unpaired) electrons. The zero-order valence-electron chi connectivity index (χ0n) is 45.4. The van der Waals surface area contributed by atoms with Crippen LogP contribution in [0, 0.1) is 5.92 Å². The first kappa shape index (κ1) is 62.3. The number of anilines is 1. The zero-order chi connectivity index (χ0) is 54.5. The lowest BCUT2D eigenvalue weighted by atomic mass is 9.95. The number of carboxylic acids is 1. The minimum absolute atomic E-state index is 0.0110. The lowest BCUT2D eigenvalue weighted by Gasteiger charge is -2.31. The van der Waals surface area contributed by atoms with Crippen LogP contribution in [0.2, 0.25) is 0 Å². The Kier molecular flexibility index (Phi) is 28.1. The maximum absolute atomic E-state index is 13.1. The number of imidazole rings is 1. The van der Waals surface area contributed by atoms with Crippen molar-refractivity contribution in [3.8, 4) is 0 Å². The van der Waals surface area contributed by atoms with Crippen LogP contribution in [0.3, 0.4) is 0 Å². The summed E-state index contributed by atoms with van der Waals surface area (Å²) in [6, 6.07) is 1.18. The SMILES string of the molecule is CCCCc1nc2c(N)nc3cc(C4CCN(C(=O)CCOCCOCCOCCOCCOCCOCCOCCNC(=O)[C@H](CCC(=O)OC(C)(C)C)NC(=O)CCC(=O)O)CC4)sc3c2n1CC1CCOCC1. The summed E-state index contributed by atoms with van der Waals surface area (Å²) >= 11 is 1.82. The molecule has 0 aromatic carbocycles. The van der Waals surface area contributed by atoms with Crippen molar-refractivity contribution in [3.05, 3.63) is 16.8 Å². The van der Waals surface area contributed by atoms with Crippen molar-refractivity contribution in [1.29, 1.82) is 0 Å². The molecule has 76 heavy (non-hydrogen) atoms.